The van der Waals surface area contributed by atoms with E-state index in [2.05, 4.69) is 33.9 Å². The van der Waals surface area contributed by atoms with Gasteiger partial charge in [-0.05, 0) is 32.0 Å². The van der Waals surface area contributed by atoms with Crippen LogP contribution in [0.1, 0.15) is 32.6 Å². The van der Waals surface area contributed by atoms with Crippen LogP contribution in [0.15, 0.2) is 23.4 Å². The molecule has 0 aliphatic heterocycles. The van der Waals surface area contributed by atoms with Crippen LogP contribution in [-0.2, 0) is 11.2 Å². The number of hydrogen-bond donors (Lipinski definition) is 1. The van der Waals surface area contributed by atoms with E-state index >= 15 is 0 Å². The van der Waals surface area contributed by atoms with Crippen molar-refractivity contribution >= 4 is 46.6 Å². The molecule has 0 saturated heterocycles. The second-order valence-corrected chi connectivity index (χ2v) is 6.94. The summed E-state index contributed by atoms with van der Waals surface area (Å²) >= 11 is 13.2. The Morgan fingerprint density at radius 3 is 2.65 bits per heavy atom. The smallest absolute Gasteiger partial charge is 0.234 e. The number of nitrogens with zero attached hydrogens (tertiary/aromatic N) is 3. The monoisotopic (exact) mass is 372 g/mol. The SMILES string of the molecule is CCc1nnc(SCC(=O)Nc2ccc(Cl)c(Cl)c2)n1C(C)C. The first-order chi connectivity index (χ1) is 10.9. The first-order valence-electron chi connectivity index (χ1n) is 7.23. The van der Waals surface area contributed by atoms with E-state index in [0.29, 0.717) is 15.7 Å². The van der Waals surface area contributed by atoms with Gasteiger partial charge in [0.2, 0.25) is 5.91 Å². The molecule has 124 valence electrons. The highest BCUT2D eigenvalue weighted by Gasteiger charge is 2.15. The van der Waals surface area contributed by atoms with Crippen LogP contribution in [0, 0.1) is 0 Å². The van der Waals surface area contributed by atoms with Gasteiger partial charge < -0.3 is 9.88 Å². The average molecular weight is 373 g/mol. The van der Waals surface area contributed by atoms with Gasteiger partial charge >= 0.3 is 0 Å². The van der Waals surface area contributed by atoms with Gasteiger partial charge in [-0.3, -0.25) is 4.79 Å². The van der Waals surface area contributed by atoms with Crippen molar-refractivity contribution in [3.05, 3.63) is 34.1 Å². The number of carbonyl (C=O) groups is 1. The van der Waals surface area contributed by atoms with Gasteiger partial charge in [0.15, 0.2) is 5.16 Å². The van der Waals surface area contributed by atoms with Crippen LogP contribution in [0.4, 0.5) is 5.69 Å². The number of carbonyl (C=O) groups excluding carboxylic acids is 1. The van der Waals surface area contributed by atoms with Gasteiger partial charge in [-0.15, -0.1) is 10.2 Å². The summed E-state index contributed by atoms with van der Waals surface area (Å²) in [6, 6.07) is 5.23. The molecular weight excluding hydrogens is 355 g/mol. The zero-order chi connectivity index (χ0) is 17.0. The van der Waals surface area contributed by atoms with Crippen molar-refractivity contribution < 1.29 is 4.79 Å². The number of rotatable bonds is 6. The van der Waals surface area contributed by atoms with Crippen LogP contribution >= 0.6 is 35.0 Å². The minimum atomic E-state index is -0.134. The van der Waals surface area contributed by atoms with Crippen LogP contribution in [-0.4, -0.2) is 26.4 Å². The lowest BCUT2D eigenvalue weighted by Crippen LogP contribution is -2.15. The molecule has 0 saturated carbocycles. The van der Waals surface area contributed by atoms with Gasteiger partial charge in [0, 0.05) is 18.2 Å². The van der Waals surface area contributed by atoms with E-state index in [9.17, 15) is 4.79 Å². The summed E-state index contributed by atoms with van der Waals surface area (Å²) in [7, 11) is 0. The predicted octanol–water partition coefficient (Wildman–Crippen LogP) is 4.46. The molecule has 0 radical (unpaired) electrons. The van der Waals surface area contributed by atoms with Crippen molar-refractivity contribution in [1.82, 2.24) is 14.8 Å². The number of anilines is 1. The number of halogens is 2. The summed E-state index contributed by atoms with van der Waals surface area (Å²) in [5.74, 6) is 1.03. The zero-order valence-corrected chi connectivity index (χ0v) is 15.5. The van der Waals surface area contributed by atoms with E-state index in [1.165, 1.54) is 11.8 Å². The average Bonchev–Trinajstić information content (AvgIpc) is 2.92. The Bertz CT molecular complexity index is 703. The van der Waals surface area contributed by atoms with Crippen LogP contribution in [0.25, 0.3) is 0 Å². The maximum Gasteiger partial charge on any atom is 0.234 e. The van der Waals surface area contributed by atoms with Gasteiger partial charge in [-0.25, -0.2) is 0 Å². The number of benzene rings is 1. The molecule has 0 aliphatic rings. The number of hydrogen-bond acceptors (Lipinski definition) is 4. The minimum absolute atomic E-state index is 0.134. The molecule has 0 aliphatic carbocycles. The van der Waals surface area contributed by atoms with Crippen LogP contribution < -0.4 is 5.32 Å². The second-order valence-electron chi connectivity index (χ2n) is 5.18. The molecule has 5 nitrogen and oxygen atoms in total. The molecule has 2 aromatic rings. The molecule has 1 aromatic heterocycles. The number of thioether (sulfide) groups is 1. The highest BCUT2D eigenvalue weighted by Crippen LogP contribution is 2.26. The Balaban J connectivity index is 1.99. The predicted molar refractivity (Wildman–Crippen MR) is 95.6 cm³/mol. The van der Waals surface area contributed by atoms with E-state index in [1.54, 1.807) is 18.2 Å². The maximum absolute atomic E-state index is 12.1. The Kier molecular flexibility index (Phi) is 6.33. The third kappa shape index (κ3) is 4.62. The number of amides is 1. The summed E-state index contributed by atoms with van der Waals surface area (Å²) < 4.78 is 2.05. The van der Waals surface area contributed by atoms with Crippen molar-refractivity contribution in [1.29, 1.82) is 0 Å². The van der Waals surface area contributed by atoms with Gasteiger partial charge in [0.05, 0.1) is 15.8 Å². The van der Waals surface area contributed by atoms with Gasteiger partial charge in [-0.2, -0.15) is 0 Å². The van der Waals surface area contributed by atoms with E-state index in [0.717, 1.165) is 17.4 Å². The summed E-state index contributed by atoms with van der Waals surface area (Å²) in [4.78, 5) is 12.1. The van der Waals surface area contributed by atoms with Crippen molar-refractivity contribution in [3.8, 4) is 0 Å². The lowest BCUT2D eigenvalue weighted by molar-refractivity contribution is -0.113. The van der Waals surface area contributed by atoms with Crippen LogP contribution in [0.2, 0.25) is 10.0 Å². The molecular formula is C15H18Cl2N4OS. The highest BCUT2D eigenvalue weighted by atomic mass is 35.5. The largest absolute Gasteiger partial charge is 0.325 e. The normalized spacial score (nSPS) is 11.0. The lowest BCUT2D eigenvalue weighted by Gasteiger charge is -2.12. The maximum atomic E-state index is 12.1. The van der Waals surface area contributed by atoms with Crippen molar-refractivity contribution in [2.75, 3.05) is 11.1 Å². The van der Waals surface area contributed by atoms with Gasteiger partial charge in [0.1, 0.15) is 5.82 Å². The van der Waals surface area contributed by atoms with E-state index in [1.807, 2.05) is 6.92 Å². The topological polar surface area (TPSA) is 59.8 Å². The first-order valence-corrected chi connectivity index (χ1v) is 8.98. The lowest BCUT2D eigenvalue weighted by atomic mass is 10.3. The molecule has 0 fully saturated rings. The standard InChI is InChI=1S/C15H18Cl2N4OS/c1-4-13-19-20-15(21(13)9(2)3)23-8-14(22)18-10-5-6-11(16)12(17)7-10/h5-7,9H,4,8H2,1-3H3,(H,18,22). The fourth-order valence-electron chi connectivity index (χ4n) is 2.07. The molecule has 0 spiro atoms. The minimum Gasteiger partial charge on any atom is -0.325 e. The van der Waals surface area contributed by atoms with E-state index in [4.69, 9.17) is 23.2 Å². The Morgan fingerprint density at radius 1 is 1.30 bits per heavy atom. The summed E-state index contributed by atoms with van der Waals surface area (Å²) in [6.07, 6.45) is 0.807. The van der Waals surface area contributed by atoms with E-state index < -0.39 is 0 Å². The molecule has 2 rings (SSSR count). The second kappa shape index (κ2) is 8.04. The van der Waals surface area contributed by atoms with Crippen LogP contribution in [0.5, 0.6) is 0 Å². The first kappa shape index (κ1) is 18.1. The fourth-order valence-corrected chi connectivity index (χ4v) is 3.25. The third-order valence-electron chi connectivity index (χ3n) is 3.10. The molecule has 23 heavy (non-hydrogen) atoms. The number of aromatic nitrogens is 3. The Morgan fingerprint density at radius 2 is 2.04 bits per heavy atom. The fraction of sp³-hybridized carbons (Fsp3) is 0.400. The molecule has 0 unspecified atom stereocenters. The highest BCUT2D eigenvalue weighted by molar-refractivity contribution is 7.99. The number of nitrogens with one attached hydrogen (secondary N) is 1. The molecule has 0 atom stereocenters. The third-order valence-corrected chi connectivity index (χ3v) is 4.79. The van der Waals surface area contributed by atoms with E-state index in [-0.39, 0.29) is 17.7 Å². The molecule has 8 heteroatoms. The Hall–Kier alpha value is -1.24. The summed E-state index contributed by atoms with van der Waals surface area (Å²) in [5.41, 5.74) is 0.615. The van der Waals surface area contributed by atoms with Gasteiger partial charge in [0.25, 0.3) is 0 Å². The molecule has 0 bridgehead atoms. The van der Waals surface area contributed by atoms with Crippen molar-refractivity contribution in [3.63, 3.8) is 0 Å². The molecule has 1 aromatic carbocycles. The quantitative estimate of drug-likeness (QED) is 0.760. The van der Waals surface area contributed by atoms with Gasteiger partial charge in [-0.1, -0.05) is 41.9 Å². The zero-order valence-electron chi connectivity index (χ0n) is 13.1. The van der Waals surface area contributed by atoms with Crippen molar-refractivity contribution in [2.45, 2.75) is 38.4 Å². The summed E-state index contributed by atoms with van der Waals surface area (Å²) in [6.45, 7) is 6.18. The molecule has 1 amide bonds. The molecule has 1 N–H and O–H groups in total. The number of aryl methyl sites for hydroxylation is 1. The summed E-state index contributed by atoms with van der Waals surface area (Å²) in [5, 5.41) is 12.7. The van der Waals surface area contributed by atoms with Crippen LogP contribution in [0.3, 0.4) is 0 Å². The van der Waals surface area contributed by atoms with Crippen molar-refractivity contribution in [2.24, 2.45) is 0 Å². The molecule has 1 heterocycles. The Labute approximate surface area is 149 Å².